The number of ether oxygens (including phenoxy) is 2. The number of hydrogen-bond acceptors (Lipinski definition) is 4. The molecule has 1 aliphatic heterocycles. The summed E-state index contributed by atoms with van der Waals surface area (Å²) in [5, 5.41) is 3.79. The maximum Gasteiger partial charge on any atom is 0.161 e. The summed E-state index contributed by atoms with van der Waals surface area (Å²) in [4.78, 5) is 4.67. The second-order valence-corrected chi connectivity index (χ2v) is 8.26. The number of fused-ring (bicyclic) bond motifs is 3. The van der Waals surface area contributed by atoms with E-state index in [1.165, 1.54) is 16.8 Å². The molecule has 0 amide bonds. The van der Waals surface area contributed by atoms with Gasteiger partial charge in [-0.3, -0.25) is 4.99 Å². The summed E-state index contributed by atoms with van der Waals surface area (Å²) in [5.41, 5.74) is 5.87. The highest BCUT2D eigenvalue weighted by Crippen LogP contribution is 2.49. The highest BCUT2D eigenvalue weighted by atomic mass is 16.5. The number of nitrogens with zero attached hydrogens (tertiary/aromatic N) is 1. The van der Waals surface area contributed by atoms with Crippen LogP contribution in [-0.2, 0) is 0 Å². The van der Waals surface area contributed by atoms with Gasteiger partial charge in [0.05, 0.1) is 25.4 Å². The van der Waals surface area contributed by atoms with Gasteiger partial charge in [-0.15, -0.1) is 0 Å². The lowest BCUT2D eigenvalue weighted by Crippen LogP contribution is -2.28. The smallest absolute Gasteiger partial charge is 0.161 e. The third-order valence-electron chi connectivity index (χ3n) is 6.37. The van der Waals surface area contributed by atoms with Crippen molar-refractivity contribution in [2.75, 3.05) is 19.0 Å². The Labute approximate surface area is 189 Å². The number of aliphatic imine (C=N–C) groups is 1. The molecule has 162 valence electrons. The SMILES string of the molecule is CCOc1cc(C=Nc2ccc([C@@H]3Nc4ccccc4[C@@H]4C=CC[C@@H]43)cc2)ccc1OC. The number of hydrogen-bond donors (Lipinski definition) is 1. The Morgan fingerprint density at radius 1 is 1.03 bits per heavy atom. The van der Waals surface area contributed by atoms with Gasteiger partial charge >= 0.3 is 0 Å². The Hall–Kier alpha value is -3.53. The lowest BCUT2D eigenvalue weighted by atomic mass is 9.77. The highest BCUT2D eigenvalue weighted by molar-refractivity contribution is 5.83. The molecule has 3 aromatic rings. The number of nitrogens with one attached hydrogen (secondary N) is 1. The van der Waals surface area contributed by atoms with Crippen LogP contribution in [0.1, 0.15) is 42.0 Å². The Morgan fingerprint density at radius 3 is 2.69 bits per heavy atom. The Kier molecular flexibility index (Phi) is 5.68. The summed E-state index contributed by atoms with van der Waals surface area (Å²) in [6, 6.07) is 23.4. The monoisotopic (exact) mass is 424 g/mol. The molecule has 0 saturated carbocycles. The van der Waals surface area contributed by atoms with Crippen molar-refractivity contribution in [3.8, 4) is 11.5 Å². The molecular weight excluding hydrogens is 396 g/mol. The van der Waals surface area contributed by atoms with Crippen molar-refractivity contribution in [2.45, 2.75) is 25.3 Å². The van der Waals surface area contributed by atoms with Crippen molar-refractivity contribution < 1.29 is 9.47 Å². The second kappa shape index (κ2) is 8.91. The first-order chi connectivity index (χ1) is 15.8. The Bertz CT molecular complexity index is 1150. The molecule has 0 saturated heterocycles. The van der Waals surface area contributed by atoms with Crippen LogP contribution < -0.4 is 14.8 Å². The fourth-order valence-corrected chi connectivity index (χ4v) is 4.83. The van der Waals surface area contributed by atoms with Gasteiger partial charge in [-0.25, -0.2) is 0 Å². The van der Waals surface area contributed by atoms with Gasteiger partial charge in [-0.2, -0.15) is 0 Å². The van der Waals surface area contributed by atoms with Crippen molar-refractivity contribution in [1.29, 1.82) is 0 Å². The standard InChI is InChI=1S/C28H28N2O2/c1-3-32-27-17-19(11-16-26(27)31-2)18-29-21-14-12-20(13-15-21)28-24-9-6-8-22(24)23-7-4-5-10-25(23)30-28/h4-8,10-18,22,24,28,30H,3,9H2,1-2H3/t22-,24-,28-/m0/s1. The maximum absolute atomic E-state index is 5.66. The van der Waals surface area contributed by atoms with E-state index in [0.717, 1.165) is 29.2 Å². The molecule has 1 aliphatic carbocycles. The predicted octanol–water partition coefficient (Wildman–Crippen LogP) is 6.67. The van der Waals surface area contributed by atoms with Crippen molar-refractivity contribution in [2.24, 2.45) is 10.9 Å². The second-order valence-electron chi connectivity index (χ2n) is 8.26. The van der Waals surface area contributed by atoms with E-state index in [-0.39, 0.29) is 0 Å². The first-order valence-electron chi connectivity index (χ1n) is 11.2. The number of rotatable bonds is 6. The van der Waals surface area contributed by atoms with Crippen LogP contribution in [0.15, 0.2) is 83.9 Å². The fraction of sp³-hybridized carbons (Fsp3) is 0.250. The van der Waals surface area contributed by atoms with Crippen LogP contribution in [0.25, 0.3) is 0 Å². The third kappa shape index (κ3) is 3.89. The molecule has 0 aromatic heterocycles. The third-order valence-corrected chi connectivity index (χ3v) is 6.37. The lowest BCUT2D eigenvalue weighted by molar-refractivity contribution is 0.311. The molecule has 3 aromatic carbocycles. The molecule has 0 spiro atoms. The molecule has 1 N–H and O–H groups in total. The van der Waals surface area contributed by atoms with E-state index in [0.29, 0.717) is 24.5 Å². The van der Waals surface area contributed by atoms with Crippen molar-refractivity contribution in [3.63, 3.8) is 0 Å². The van der Waals surface area contributed by atoms with Crippen LogP contribution in [0, 0.1) is 5.92 Å². The summed E-state index contributed by atoms with van der Waals surface area (Å²) in [6.45, 7) is 2.56. The van der Waals surface area contributed by atoms with Crippen LogP contribution in [0.3, 0.4) is 0 Å². The van der Waals surface area contributed by atoms with Crippen LogP contribution in [0.2, 0.25) is 0 Å². The Balaban J connectivity index is 1.34. The predicted molar refractivity (Wildman–Crippen MR) is 131 cm³/mol. The number of anilines is 1. The van der Waals surface area contributed by atoms with Gasteiger partial charge < -0.3 is 14.8 Å². The van der Waals surface area contributed by atoms with Crippen LogP contribution in [0.4, 0.5) is 11.4 Å². The zero-order valence-corrected chi connectivity index (χ0v) is 18.5. The minimum Gasteiger partial charge on any atom is -0.493 e. The van der Waals surface area contributed by atoms with E-state index in [2.05, 4.69) is 71.0 Å². The van der Waals surface area contributed by atoms with Crippen LogP contribution in [0.5, 0.6) is 11.5 Å². The van der Waals surface area contributed by atoms with Gasteiger partial charge in [0.25, 0.3) is 0 Å². The van der Waals surface area contributed by atoms with E-state index >= 15 is 0 Å². The first kappa shape index (κ1) is 20.4. The molecular formula is C28H28N2O2. The summed E-state index contributed by atoms with van der Waals surface area (Å²) in [6.07, 6.45) is 7.68. The lowest BCUT2D eigenvalue weighted by Gasteiger charge is -2.37. The van der Waals surface area contributed by atoms with Gasteiger partial charge in [0.2, 0.25) is 0 Å². The highest BCUT2D eigenvalue weighted by Gasteiger charge is 2.37. The van der Waals surface area contributed by atoms with E-state index < -0.39 is 0 Å². The van der Waals surface area contributed by atoms with Crippen molar-refractivity contribution >= 4 is 17.6 Å². The van der Waals surface area contributed by atoms with Crippen molar-refractivity contribution in [3.05, 3.63) is 95.6 Å². The quantitative estimate of drug-likeness (QED) is 0.355. The number of methoxy groups -OCH3 is 1. The topological polar surface area (TPSA) is 42.8 Å². The van der Waals surface area contributed by atoms with E-state index in [4.69, 9.17) is 9.47 Å². The zero-order valence-electron chi connectivity index (χ0n) is 18.5. The summed E-state index contributed by atoms with van der Waals surface area (Å²) < 4.78 is 11.0. The number of para-hydroxylation sites is 1. The molecule has 5 rings (SSSR count). The minimum absolute atomic E-state index is 0.304. The summed E-state index contributed by atoms with van der Waals surface area (Å²) in [5.74, 6) is 2.51. The molecule has 0 bridgehead atoms. The number of benzene rings is 3. The Morgan fingerprint density at radius 2 is 1.88 bits per heavy atom. The average Bonchev–Trinajstić information content (AvgIpc) is 3.33. The van der Waals surface area contributed by atoms with Gasteiger partial charge in [0, 0.05) is 17.8 Å². The summed E-state index contributed by atoms with van der Waals surface area (Å²) >= 11 is 0. The van der Waals surface area contributed by atoms with Crippen LogP contribution in [-0.4, -0.2) is 19.9 Å². The fourth-order valence-electron chi connectivity index (χ4n) is 4.83. The molecule has 0 fully saturated rings. The van der Waals surface area contributed by atoms with Gasteiger partial charge in [-0.1, -0.05) is 42.5 Å². The van der Waals surface area contributed by atoms with E-state index in [9.17, 15) is 0 Å². The molecule has 2 aliphatic rings. The molecule has 4 nitrogen and oxygen atoms in total. The first-order valence-corrected chi connectivity index (χ1v) is 11.2. The average molecular weight is 425 g/mol. The molecule has 0 radical (unpaired) electrons. The van der Waals surface area contributed by atoms with E-state index in [1.807, 2.05) is 31.3 Å². The van der Waals surface area contributed by atoms with Crippen molar-refractivity contribution in [1.82, 2.24) is 0 Å². The van der Waals surface area contributed by atoms with Crippen LogP contribution >= 0.6 is 0 Å². The van der Waals surface area contributed by atoms with Gasteiger partial charge in [0.15, 0.2) is 11.5 Å². The molecule has 1 heterocycles. The van der Waals surface area contributed by atoms with Gasteiger partial charge in [-0.05, 0) is 72.4 Å². The molecule has 0 unspecified atom stereocenters. The normalized spacial score (nSPS) is 21.1. The number of allylic oxidation sites excluding steroid dienone is 2. The summed E-state index contributed by atoms with van der Waals surface area (Å²) in [7, 11) is 1.65. The maximum atomic E-state index is 5.66. The largest absolute Gasteiger partial charge is 0.493 e. The van der Waals surface area contributed by atoms with E-state index in [1.54, 1.807) is 7.11 Å². The zero-order chi connectivity index (χ0) is 21.9. The minimum atomic E-state index is 0.304. The molecule has 3 atom stereocenters. The molecule has 32 heavy (non-hydrogen) atoms. The molecule has 4 heteroatoms. The van der Waals surface area contributed by atoms with Gasteiger partial charge in [0.1, 0.15) is 0 Å².